The molecule has 0 amide bonds. The van der Waals surface area contributed by atoms with Gasteiger partial charge in [0.25, 0.3) is 0 Å². The molecule has 0 bridgehead atoms. The van der Waals surface area contributed by atoms with E-state index in [2.05, 4.69) is 35.3 Å². The lowest BCUT2D eigenvalue weighted by atomic mass is 10.0. The second-order valence-electron chi connectivity index (χ2n) is 4.28. The fraction of sp³-hybridized carbons (Fsp3) is 0.267. The number of rotatable bonds is 5. The molecule has 1 heterocycles. The SMILES string of the molecule is Nc1cc(CCCCc2ccccc2)ccn1. The van der Waals surface area contributed by atoms with Gasteiger partial charge in [0.05, 0.1) is 0 Å². The Kier molecular flexibility index (Phi) is 4.14. The third-order valence-corrected chi connectivity index (χ3v) is 2.87. The molecule has 17 heavy (non-hydrogen) atoms. The second-order valence-corrected chi connectivity index (χ2v) is 4.28. The number of nitrogen functional groups attached to an aromatic ring is 1. The number of hydrogen-bond acceptors (Lipinski definition) is 2. The highest BCUT2D eigenvalue weighted by atomic mass is 14.8. The molecule has 0 unspecified atom stereocenters. The van der Waals surface area contributed by atoms with E-state index in [1.807, 2.05) is 12.1 Å². The number of nitrogens with two attached hydrogens (primary N) is 1. The summed E-state index contributed by atoms with van der Waals surface area (Å²) < 4.78 is 0. The summed E-state index contributed by atoms with van der Waals surface area (Å²) in [6.45, 7) is 0. The highest BCUT2D eigenvalue weighted by molar-refractivity contribution is 5.31. The van der Waals surface area contributed by atoms with Crippen LogP contribution in [-0.2, 0) is 12.8 Å². The summed E-state index contributed by atoms with van der Waals surface area (Å²) in [5, 5.41) is 0. The molecule has 2 nitrogen and oxygen atoms in total. The van der Waals surface area contributed by atoms with Gasteiger partial charge in [-0.2, -0.15) is 0 Å². The lowest BCUT2D eigenvalue weighted by Crippen LogP contribution is -1.93. The maximum atomic E-state index is 5.64. The van der Waals surface area contributed by atoms with E-state index in [1.165, 1.54) is 24.0 Å². The largest absolute Gasteiger partial charge is 0.384 e. The molecule has 1 aromatic heterocycles. The highest BCUT2D eigenvalue weighted by Crippen LogP contribution is 2.10. The first kappa shape index (κ1) is 11.6. The van der Waals surface area contributed by atoms with Crippen LogP contribution < -0.4 is 5.73 Å². The van der Waals surface area contributed by atoms with E-state index in [1.54, 1.807) is 6.20 Å². The maximum absolute atomic E-state index is 5.64. The van der Waals surface area contributed by atoms with E-state index in [0.717, 1.165) is 12.8 Å². The van der Waals surface area contributed by atoms with Gasteiger partial charge in [-0.1, -0.05) is 30.3 Å². The van der Waals surface area contributed by atoms with E-state index in [9.17, 15) is 0 Å². The topological polar surface area (TPSA) is 38.9 Å². The predicted molar refractivity (Wildman–Crippen MR) is 71.7 cm³/mol. The van der Waals surface area contributed by atoms with Crippen LogP contribution in [0, 0.1) is 0 Å². The van der Waals surface area contributed by atoms with Gasteiger partial charge in [-0.25, -0.2) is 4.98 Å². The standard InChI is InChI=1S/C15H18N2/c16-15-12-14(10-11-17-15)9-5-4-8-13-6-2-1-3-7-13/h1-3,6-7,10-12H,4-5,8-9H2,(H2,16,17). The van der Waals surface area contributed by atoms with Crippen LogP contribution in [0.2, 0.25) is 0 Å². The van der Waals surface area contributed by atoms with Gasteiger partial charge in [0.1, 0.15) is 5.82 Å². The van der Waals surface area contributed by atoms with Crippen LogP contribution in [0.15, 0.2) is 48.7 Å². The Hall–Kier alpha value is -1.83. The third-order valence-electron chi connectivity index (χ3n) is 2.87. The van der Waals surface area contributed by atoms with Crippen LogP contribution in [-0.4, -0.2) is 4.98 Å². The average molecular weight is 226 g/mol. The highest BCUT2D eigenvalue weighted by Gasteiger charge is 1.96. The Morgan fingerprint density at radius 3 is 2.29 bits per heavy atom. The monoisotopic (exact) mass is 226 g/mol. The molecule has 2 aromatic rings. The first-order valence-electron chi connectivity index (χ1n) is 6.09. The fourth-order valence-electron chi connectivity index (χ4n) is 1.95. The minimum absolute atomic E-state index is 0.616. The summed E-state index contributed by atoms with van der Waals surface area (Å²) >= 11 is 0. The molecule has 2 N–H and O–H groups in total. The van der Waals surface area contributed by atoms with Gasteiger partial charge < -0.3 is 5.73 Å². The van der Waals surface area contributed by atoms with Crippen molar-refractivity contribution in [3.63, 3.8) is 0 Å². The van der Waals surface area contributed by atoms with Crippen molar-refractivity contribution >= 4 is 5.82 Å². The molecule has 0 aliphatic rings. The summed E-state index contributed by atoms with van der Waals surface area (Å²) in [5.41, 5.74) is 8.34. The third kappa shape index (κ3) is 3.91. The lowest BCUT2D eigenvalue weighted by molar-refractivity contribution is 0.734. The van der Waals surface area contributed by atoms with Crippen LogP contribution in [0.1, 0.15) is 24.0 Å². The smallest absolute Gasteiger partial charge is 0.123 e. The zero-order valence-corrected chi connectivity index (χ0v) is 9.97. The van der Waals surface area contributed by atoms with Crippen LogP contribution >= 0.6 is 0 Å². The lowest BCUT2D eigenvalue weighted by Gasteiger charge is -2.03. The molecular weight excluding hydrogens is 208 g/mol. The maximum Gasteiger partial charge on any atom is 0.123 e. The normalized spacial score (nSPS) is 10.4. The molecule has 0 aliphatic carbocycles. The summed E-state index contributed by atoms with van der Waals surface area (Å²) in [6, 6.07) is 14.6. The summed E-state index contributed by atoms with van der Waals surface area (Å²) in [6.07, 6.45) is 6.42. The van der Waals surface area contributed by atoms with Crippen molar-refractivity contribution in [2.45, 2.75) is 25.7 Å². The van der Waals surface area contributed by atoms with Crippen molar-refractivity contribution in [3.8, 4) is 0 Å². The van der Waals surface area contributed by atoms with Gasteiger partial charge in [-0.15, -0.1) is 0 Å². The zero-order chi connectivity index (χ0) is 11.9. The minimum Gasteiger partial charge on any atom is -0.384 e. The molecule has 2 rings (SSSR count). The van der Waals surface area contributed by atoms with Crippen molar-refractivity contribution in [1.29, 1.82) is 0 Å². The van der Waals surface area contributed by atoms with E-state index in [4.69, 9.17) is 5.73 Å². The number of aromatic nitrogens is 1. The number of anilines is 1. The van der Waals surface area contributed by atoms with Crippen LogP contribution in [0.5, 0.6) is 0 Å². The molecule has 0 fully saturated rings. The van der Waals surface area contributed by atoms with Crippen LogP contribution in [0.25, 0.3) is 0 Å². The number of nitrogens with zero attached hydrogens (tertiary/aromatic N) is 1. The molecule has 0 spiro atoms. The number of hydrogen-bond donors (Lipinski definition) is 1. The van der Waals surface area contributed by atoms with Crippen LogP contribution in [0.4, 0.5) is 5.82 Å². The number of benzene rings is 1. The van der Waals surface area contributed by atoms with Gasteiger partial charge in [0.15, 0.2) is 0 Å². The van der Waals surface area contributed by atoms with Crippen molar-refractivity contribution in [1.82, 2.24) is 4.98 Å². The van der Waals surface area contributed by atoms with Crippen molar-refractivity contribution in [2.75, 3.05) is 5.73 Å². The predicted octanol–water partition coefficient (Wildman–Crippen LogP) is 3.23. The fourth-order valence-corrected chi connectivity index (χ4v) is 1.95. The van der Waals surface area contributed by atoms with Gasteiger partial charge in [0, 0.05) is 6.20 Å². The first-order valence-corrected chi connectivity index (χ1v) is 6.09. The summed E-state index contributed by atoms with van der Waals surface area (Å²) in [7, 11) is 0. The van der Waals surface area contributed by atoms with Crippen molar-refractivity contribution in [2.24, 2.45) is 0 Å². The zero-order valence-electron chi connectivity index (χ0n) is 9.97. The van der Waals surface area contributed by atoms with Crippen LogP contribution in [0.3, 0.4) is 0 Å². The number of unbranched alkanes of at least 4 members (excludes halogenated alkanes) is 1. The van der Waals surface area contributed by atoms with Gasteiger partial charge in [-0.3, -0.25) is 0 Å². The minimum atomic E-state index is 0.616. The molecule has 0 atom stereocenters. The Balaban J connectivity index is 1.73. The summed E-state index contributed by atoms with van der Waals surface area (Å²) in [4.78, 5) is 3.99. The Morgan fingerprint density at radius 2 is 1.59 bits per heavy atom. The molecule has 88 valence electrons. The molecule has 0 radical (unpaired) electrons. The molecular formula is C15H18N2. The molecule has 0 aliphatic heterocycles. The Bertz CT molecular complexity index is 451. The van der Waals surface area contributed by atoms with Crippen molar-refractivity contribution in [3.05, 3.63) is 59.8 Å². The van der Waals surface area contributed by atoms with Crippen molar-refractivity contribution < 1.29 is 0 Å². The molecule has 2 heteroatoms. The van der Waals surface area contributed by atoms with E-state index >= 15 is 0 Å². The molecule has 1 aromatic carbocycles. The second kappa shape index (κ2) is 6.04. The first-order chi connectivity index (χ1) is 8.34. The molecule has 0 saturated heterocycles. The van der Waals surface area contributed by atoms with Gasteiger partial charge >= 0.3 is 0 Å². The quantitative estimate of drug-likeness (QED) is 0.795. The summed E-state index contributed by atoms with van der Waals surface area (Å²) in [5.74, 6) is 0.616. The van der Waals surface area contributed by atoms with Gasteiger partial charge in [-0.05, 0) is 48.9 Å². The van der Waals surface area contributed by atoms with E-state index < -0.39 is 0 Å². The number of aryl methyl sites for hydroxylation is 2. The van der Waals surface area contributed by atoms with E-state index in [0.29, 0.717) is 5.82 Å². The number of pyridine rings is 1. The average Bonchev–Trinajstić information content (AvgIpc) is 2.36. The Morgan fingerprint density at radius 1 is 0.882 bits per heavy atom. The van der Waals surface area contributed by atoms with E-state index in [-0.39, 0.29) is 0 Å². The molecule has 0 saturated carbocycles. The Labute approximate surface area is 103 Å². The van der Waals surface area contributed by atoms with Gasteiger partial charge in [0.2, 0.25) is 0 Å².